The summed E-state index contributed by atoms with van der Waals surface area (Å²) in [5.41, 5.74) is 7.94. The van der Waals surface area contributed by atoms with E-state index in [2.05, 4.69) is 41.4 Å². The van der Waals surface area contributed by atoms with Crippen LogP contribution in [0.5, 0.6) is 5.75 Å². The van der Waals surface area contributed by atoms with E-state index >= 15 is 0 Å². The number of aromatic nitrogens is 2. The molecule has 0 saturated heterocycles. The molecule has 1 aromatic heterocycles. The molecule has 0 radical (unpaired) electrons. The van der Waals surface area contributed by atoms with E-state index in [1.807, 2.05) is 6.07 Å². The number of hydrogen-bond donors (Lipinski definition) is 1. The molecule has 4 nitrogen and oxygen atoms in total. The van der Waals surface area contributed by atoms with Crippen LogP contribution in [-0.2, 0) is 13.1 Å². The Kier molecular flexibility index (Phi) is 8.62. The van der Waals surface area contributed by atoms with Gasteiger partial charge in [-0.2, -0.15) is 0 Å². The maximum atomic E-state index is 5.69. The number of nitrogens with zero attached hydrogens (tertiary/aromatic N) is 2. The molecule has 1 aromatic carbocycles. The normalized spacial score (nSPS) is 9.95. The lowest BCUT2D eigenvalue weighted by Crippen LogP contribution is -3.00. The van der Waals surface area contributed by atoms with Crippen LogP contribution in [0, 0.1) is 0 Å². The second-order valence-electron chi connectivity index (χ2n) is 4.33. The molecule has 0 aliphatic rings. The number of ether oxygens (including phenoxy) is 1. The third-order valence-electron chi connectivity index (χ3n) is 3.14. The van der Waals surface area contributed by atoms with Crippen LogP contribution in [-0.4, -0.2) is 17.7 Å². The number of imidazole rings is 1. The zero-order chi connectivity index (χ0) is 13.0. The first-order valence-corrected chi connectivity index (χ1v) is 6.65. The summed E-state index contributed by atoms with van der Waals surface area (Å²) in [6.07, 6.45) is 3.05. The molecule has 0 aliphatic carbocycles. The van der Waals surface area contributed by atoms with Crippen molar-refractivity contribution in [3.8, 4) is 5.75 Å². The Morgan fingerprint density at radius 3 is 2.65 bits per heavy atom. The van der Waals surface area contributed by atoms with Crippen molar-refractivity contribution in [1.29, 1.82) is 0 Å². The monoisotopic (exact) mass is 319 g/mol. The van der Waals surface area contributed by atoms with Crippen LogP contribution in [0.2, 0.25) is 0 Å². The summed E-state index contributed by atoms with van der Waals surface area (Å²) in [5.74, 6) is 0.923. The Morgan fingerprint density at radius 2 is 2.05 bits per heavy atom. The standard InChI is InChI=1S/C14H22N3O.2ClH/c1-3-16-11-17(4-2)14-10-12(6-7-13(14)16)18-9-5-8-15;;/h6-7,10-11H,3-5,8-9,15H2,1-2H3;2*1H/q+1;;/p-1. The molecule has 0 spiro atoms. The Labute approximate surface area is 132 Å². The number of aryl methyl sites for hydroxylation is 2. The summed E-state index contributed by atoms with van der Waals surface area (Å²) in [6, 6.07) is 6.27. The van der Waals surface area contributed by atoms with E-state index in [0.29, 0.717) is 13.2 Å². The molecule has 0 atom stereocenters. The van der Waals surface area contributed by atoms with Crippen molar-refractivity contribution in [1.82, 2.24) is 4.57 Å². The van der Waals surface area contributed by atoms with Crippen molar-refractivity contribution >= 4 is 23.4 Å². The Bertz CT molecular complexity index is 528. The first kappa shape index (κ1) is 19.0. The van der Waals surface area contributed by atoms with Gasteiger partial charge in [0.2, 0.25) is 6.33 Å². The van der Waals surface area contributed by atoms with Crippen molar-refractivity contribution in [3.63, 3.8) is 0 Å². The van der Waals surface area contributed by atoms with Crippen LogP contribution in [0.1, 0.15) is 20.3 Å². The van der Waals surface area contributed by atoms with Crippen LogP contribution in [0.25, 0.3) is 11.0 Å². The Morgan fingerprint density at radius 1 is 1.30 bits per heavy atom. The molecule has 2 aromatic rings. The minimum atomic E-state index is 0. The smallest absolute Gasteiger partial charge is 0.244 e. The van der Waals surface area contributed by atoms with Gasteiger partial charge in [-0.3, -0.25) is 0 Å². The van der Waals surface area contributed by atoms with Gasteiger partial charge in [0, 0.05) is 6.07 Å². The van der Waals surface area contributed by atoms with Crippen molar-refractivity contribution in [2.24, 2.45) is 5.73 Å². The molecule has 0 bridgehead atoms. The maximum Gasteiger partial charge on any atom is 0.244 e. The van der Waals surface area contributed by atoms with E-state index in [0.717, 1.165) is 25.3 Å². The summed E-state index contributed by atoms with van der Waals surface area (Å²) in [7, 11) is 0. The highest BCUT2D eigenvalue weighted by molar-refractivity contribution is 5.85. The van der Waals surface area contributed by atoms with Crippen LogP contribution in [0.3, 0.4) is 0 Å². The van der Waals surface area contributed by atoms with Crippen molar-refractivity contribution in [3.05, 3.63) is 24.5 Å². The van der Waals surface area contributed by atoms with Crippen LogP contribution < -0.4 is 27.4 Å². The molecule has 2 rings (SSSR count). The Hall–Kier alpha value is -0.970. The van der Waals surface area contributed by atoms with Crippen LogP contribution in [0.4, 0.5) is 0 Å². The minimum Gasteiger partial charge on any atom is -1.00 e. The largest absolute Gasteiger partial charge is 1.00 e. The average molecular weight is 320 g/mol. The van der Waals surface area contributed by atoms with Crippen LogP contribution >= 0.6 is 12.4 Å². The molecule has 0 saturated carbocycles. The van der Waals surface area contributed by atoms with Crippen molar-refractivity contribution in [2.45, 2.75) is 33.4 Å². The van der Waals surface area contributed by atoms with E-state index in [1.165, 1.54) is 11.0 Å². The minimum absolute atomic E-state index is 0. The second kappa shape index (κ2) is 9.06. The topological polar surface area (TPSA) is 44.1 Å². The van der Waals surface area contributed by atoms with Crippen LogP contribution in [0.15, 0.2) is 24.5 Å². The first-order chi connectivity index (χ1) is 8.80. The van der Waals surface area contributed by atoms with E-state index in [-0.39, 0.29) is 24.8 Å². The zero-order valence-electron chi connectivity index (χ0n) is 12.0. The quantitative estimate of drug-likeness (QED) is 0.555. The lowest BCUT2D eigenvalue weighted by molar-refractivity contribution is -0.668. The molecule has 114 valence electrons. The number of nitrogens with two attached hydrogens (primary N) is 1. The molecular weight excluding hydrogens is 297 g/mol. The Balaban J connectivity index is 0.00000180. The molecule has 2 N–H and O–H groups in total. The molecule has 20 heavy (non-hydrogen) atoms. The fourth-order valence-electron chi connectivity index (χ4n) is 2.14. The van der Waals surface area contributed by atoms with E-state index < -0.39 is 0 Å². The van der Waals surface area contributed by atoms with Crippen molar-refractivity contribution in [2.75, 3.05) is 13.2 Å². The number of benzene rings is 1. The third-order valence-corrected chi connectivity index (χ3v) is 3.14. The van der Waals surface area contributed by atoms with E-state index in [9.17, 15) is 0 Å². The summed E-state index contributed by atoms with van der Waals surface area (Å²) < 4.78 is 10.2. The van der Waals surface area contributed by atoms with Gasteiger partial charge in [-0.25, -0.2) is 9.13 Å². The van der Waals surface area contributed by atoms with Crippen molar-refractivity contribution < 1.29 is 21.7 Å². The molecule has 0 amide bonds. The summed E-state index contributed by atoms with van der Waals surface area (Å²) in [6.45, 7) is 7.62. The maximum absolute atomic E-state index is 5.69. The predicted octanol–water partition coefficient (Wildman–Crippen LogP) is -0.878. The predicted molar refractivity (Wildman–Crippen MR) is 79.9 cm³/mol. The number of rotatable bonds is 6. The highest BCUT2D eigenvalue weighted by atomic mass is 35.5. The molecule has 6 heteroatoms. The lowest BCUT2D eigenvalue weighted by Gasteiger charge is -2.04. The third kappa shape index (κ3) is 4.01. The first-order valence-electron chi connectivity index (χ1n) is 6.65. The van der Waals surface area contributed by atoms with Gasteiger partial charge in [-0.05, 0) is 38.9 Å². The fraction of sp³-hybridized carbons (Fsp3) is 0.500. The number of halogens is 2. The summed E-state index contributed by atoms with van der Waals surface area (Å²) in [5, 5.41) is 0. The van der Waals surface area contributed by atoms with Gasteiger partial charge in [0.1, 0.15) is 5.75 Å². The highest BCUT2D eigenvalue weighted by Gasteiger charge is 2.14. The number of fused-ring (bicyclic) bond motifs is 1. The highest BCUT2D eigenvalue weighted by Crippen LogP contribution is 2.19. The summed E-state index contributed by atoms with van der Waals surface area (Å²) >= 11 is 0. The van der Waals surface area contributed by atoms with Gasteiger partial charge in [-0.15, -0.1) is 12.4 Å². The van der Waals surface area contributed by atoms with Gasteiger partial charge in [0.25, 0.3) is 0 Å². The molecule has 0 fully saturated rings. The number of hydrogen-bond acceptors (Lipinski definition) is 2. The van der Waals surface area contributed by atoms with E-state index in [4.69, 9.17) is 10.5 Å². The van der Waals surface area contributed by atoms with E-state index in [1.54, 1.807) is 0 Å². The molecule has 0 aliphatic heterocycles. The SMILES string of the molecule is CCn1c[n+](CC)c2ccc(OCCCN)cc21.Cl.[Cl-]. The molecule has 1 heterocycles. The second-order valence-corrected chi connectivity index (χ2v) is 4.33. The van der Waals surface area contributed by atoms with Gasteiger partial charge in [0.15, 0.2) is 11.0 Å². The van der Waals surface area contributed by atoms with Gasteiger partial charge >= 0.3 is 0 Å². The fourth-order valence-corrected chi connectivity index (χ4v) is 2.14. The lowest BCUT2D eigenvalue weighted by atomic mass is 10.3. The van der Waals surface area contributed by atoms with Gasteiger partial charge < -0.3 is 22.9 Å². The molecular formula is C14H23Cl2N3O. The van der Waals surface area contributed by atoms with Gasteiger partial charge in [-0.1, -0.05) is 0 Å². The average Bonchev–Trinajstić information content (AvgIpc) is 2.76. The molecule has 0 unspecified atom stereocenters. The zero-order valence-corrected chi connectivity index (χ0v) is 13.6. The summed E-state index contributed by atoms with van der Waals surface area (Å²) in [4.78, 5) is 0. The van der Waals surface area contributed by atoms with Gasteiger partial charge in [0.05, 0.1) is 19.7 Å².